The number of rotatable bonds is 3. The van der Waals surface area contributed by atoms with Crippen molar-refractivity contribution in [2.45, 2.75) is 9.37 Å². The predicted molar refractivity (Wildman–Crippen MR) is 57.1 cm³/mol. The van der Waals surface area contributed by atoms with E-state index in [1.165, 1.54) is 29.3 Å². The van der Waals surface area contributed by atoms with Crippen LogP contribution in [0.2, 0.25) is 0 Å². The first-order chi connectivity index (χ1) is 7.27. The zero-order chi connectivity index (χ0) is 10.7. The third kappa shape index (κ3) is 2.28. The van der Waals surface area contributed by atoms with Crippen LogP contribution in [-0.4, -0.2) is 26.2 Å². The Morgan fingerprint density at radius 3 is 2.93 bits per heavy atom. The smallest absolute Gasteiger partial charge is 0.180 e. The molecule has 0 bridgehead atoms. The summed E-state index contributed by atoms with van der Waals surface area (Å²) in [5.74, 6) is -0.0306. The van der Waals surface area contributed by atoms with Crippen LogP contribution in [0.1, 0.15) is 5.56 Å². The Bertz CT molecular complexity index is 468. The van der Waals surface area contributed by atoms with Crippen molar-refractivity contribution in [3.63, 3.8) is 0 Å². The summed E-state index contributed by atoms with van der Waals surface area (Å²) in [6, 6.07) is 1.65. The van der Waals surface area contributed by atoms with Crippen LogP contribution in [0.3, 0.4) is 0 Å². The van der Waals surface area contributed by atoms with Gasteiger partial charge in [-0.15, -0.1) is 15.3 Å². The van der Waals surface area contributed by atoms with E-state index in [0.717, 1.165) is 4.34 Å². The van der Waals surface area contributed by atoms with Gasteiger partial charge in [0.15, 0.2) is 4.34 Å². The first-order valence-corrected chi connectivity index (χ1v) is 5.57. The monoisotopic (exact) mass is 238 g/mol. The van der Waals surface area contributed by atoms with Gasteiger partial charge >= 0.3 is 0 Å². The van der Waals surface area contributed by atoms with Gasteiger partial charge in [-0.2, -0.15) is 5.10 Å². The quantitative estimate of drug-likeness (QED) is 0.604. The Morgan fingerprint density at radius 1 is 1.40 bits per heavy atom. The molecule has 76 valence electrons. The van der Waals surface area contributed by atoms with E-state index in [4.69, 9.17) is 11.1 Å². The number of nitrogen functional groups attached to an aromatic ring is 1. The van der Waals surface area contributed by atoms with Crippen molar-refractivity contribution in [3.05, 3.63) is 23.3 Å². The number of hydrogen-bond donors (Lipinski definition) is 2. The van der Waals surface area contributed by atoms with E-state index < -0.39 is 0 Å². The maximum atomic E-state index is 7.37. The van der Waals surface area contributed by atoms with Crippen molar-refractivity contribution >= 4 is 28.9 Å². The molecule has 15 heavy (non-hydrogen) atoms. The Kier molecular flexibility index (Phi) is 2.88. The summed E-state index contributed by atoms with van der Waals surface area (Å²) >= 11 is 2.70. The standard InChI is InChI=1S/C7H6N6S2/c8-5(9)4-1-2-10-12-6(4)15-7-13-11-3-14-7/h1-3H,(H3,8,9). The highest BCUT2D eigenvalue weighted by atomic mass is 32.2. The van der Waals surface area contributed by atoms with Crippen LogP contribution < -0.4 is 5.73 Å². The van der Waals surface area contributed by atoms with Crippen molar-refractivity contribution in [3.8, 4) is 0 Å². The molecule has 2 heterocycles. The van der Waals surface area contributed by atoms with Crippen LogP contribution in [-0.2, 0) is 0 Å². The minimum Gasteiger partial charge on any atom is -0.384 e. The van der Waals surface area contributed by atoms with Gasteiger partial charge in [-0.25, -0.2) is 0 Å². The van der Waals surface area contributed by atoms with Gasteiger partial charge in [-0.05, 0) is 17.8 Å². The molecule has 0 saturated carbocycles. The van der Waals surface area contributed by atoms with Gasteiger partial charge in [0.05, 0.1) is 11.8 Å². The molecule has 2 aromatic heterocycles. The first kappa shape index (κ1) is 9.99. The summed E-state index contributed by atoms with van der Waals surface area (Å²) < 4.78 is 0.748. The summed E-state index contributed by atoms with van der Waals surface area (Å²) in [7, 11) is 0. The average molecular weight is 238 g/mol. The summed E-state index contributed by atoms with van der Waals surface area (Å²) in [5, 5.41) is 23.2. The van der Waals surface area contributed by atoms with E-state index in [9.17, 15) is 0 Å². The van der Waals surface area contributed by atoms with Gasteiger partial charge in [-0.1, -0.05) is 11.3 Å². The number of nitrogens with zero attached hydrogens (tertiary/aromatic N) is 4. The second-order valence-electron chi connectivity index (χ2n) is 2.47. The fourth-order valence-electron chi connectivity index (χ4n) is 0.889. The van der Waals surface area contributed by atoms with Gasteiger partial charge in [0.2, 0.25) is 0 Å². The molecule has 0 fully saturated rings. The minimum absolute atomic E-state index is 0.0306. The molecule has 6 nitrogen and oxygen atoms in total. The van der Waals surface area contributed by atoms with Crippen molar-refractivity contribution in [2.75, 3.05) is 0 Å². The van der Waals surface area contributed by atoms with E-state index in [1.54, 1.807) is 11.6 Å². The zero-order valence-electron chi connectivity index (χ0n) is 7.41. The molecule has 3 N–H and O–H groups in total. The lowest BCUT2D eigenvalue weighted by Crippen LogP contribution is -2.13. The lowest BCUT2D eigenvalue weighted by Gasteiger charge is -2.02. The molecule has 0 saturated heterocycles. The van der Waals surface area contributed by atoms with Gasteiger partial charge < -0.3 is 5.73 Å². The third-order valence-corrected chi connectivity index (χ3v) is 3.27. The lowest BCUT2D eigenvalue weighted by molar-refractivity contribution is 0.917. The molecule has 0 aliphatic rings. The molecule has 0 aliphatic heterocycles. The molecule has 0 amide bonds. The number of nitrogens with two attached hydrogens (primary N) is 1. The highest BCUT2D eigenvalue weighted by Gasteiger charge is 2.10. The second-order valence-corrected chi connectivity index (χ2v) is 4.54. The number of hydrogen-bond acceptors (Lipinski definition) is 7. The Hall–Kier alpha value is -1.54. The van der Waals surface area contributed by atoms with Crippen molar-refractivity contribution in [2.24, 2.45) is 5.73 Å². The second kappa shape index (κ2) is 4.32. The minimum atomic E-state index is -0.0306. The van der Waals surface area contributed by atoms with Gasteiger partial charge in [0, 0.05) is 0 Å². The summed E-state index contributed by atoms with van der Waals surface area (Å²) in [5.41, 5.74) is 7.60. The van der Waals surface area contributed by atoms with Crippen LogP contribution in [0.4, 0.5) is 0 Å². The normalized spacial score (nSPS) is 10.1. The summed E-state index contributed by atoms with van der Waals surface area (Å²) in [6.07, 6.45) is 1.50. The molecule has 0 aliphatic carbocycles. The molecule has 0 aromatic carbocycles. The third-order valence-electron chi connectivity index (χ3n) is 1.50. The van der Waals surface area contributed by atoms with Gasteiger partial charge in [-0.3, -0.25) is 5.41 Å². The average Bonchev–Trinajstić information content (AvgIpc) is 2.71. The zero-order valence-corrected chi connectivity index (χ0v) is 9.05. The fourth-order valence-corrected chi connectivity index (χ4v) is 2.36. The molecule has 0 unspecified atom stereocenters. The molecule has 0 spiro atoms. The van der Waals surface area contributed by atoms with Crippen molar-refractivity contribution < 1.29 is 0 Å². The van der Waals surface area contributed by atoms with Gasteiger partial charge in [0.1, 0.15) is 16.4 Å². The largest absolute Gasteiger partial charge is 0.384 e. The number of nitrogens with one attached hydrogen (secondary N) is 1. The molecular weight excluding hydrogens is 232 g/mol. The van der Waals surface area contributed by atoms with E-state index in [2.05, 4.69) is 20.4 Å². The maximum absolute atomic E-state index is 7.37. The molecule has 2 rings (SSSR count). The first-order valence-electron chi connectivity index (χ1n) is 3.87. The lowest BCUT2D eigenvalue weighted by atomic mass is 10.3. The molecule has 0 atom stereocenters. The highest BCUT2D eigenvalue weighted by molar-refractivity contribution is 8.01. The van der Waals surface area contributed by atoms with Crippen LogP contribution >= 0.6 is 23.1 Å². The maximum Gasteiger partial charge on any atom is 0.180 e. The van der Waals surface area contributed by atoms with E-state index in [-0.39, 0.29) is 5.84 Å². The number of aromatic nitrogens is 4. The Balaban J connectivity index is 2.32. The predicted octanol–water partition coefficient (Wildman–Crippen LogP) is 0.763. The van der Waals surface area contributed by atoms with Crippen LogP contribution in [0, 0.1) is 5.41 Å². The van der Waals surface area contributed by atoms with E-state index in [0.29, 0.717) is 10.6 Å². The van der Waals surface area contributed by atoms with E-state index in [1.807, 2.05) is 0 Å². The van der Waals surface area contributed by atoms with E-state index >= 15 is 0 Å². The molecule has 8 heteroatoms. The molecule has 0 radical (unpaired) electrons. The van der Waals surface area contributed by atoms with Crippen molar-refractivity contribution in [1.29, 1.82) is 5.41 Å². The topological polar surface area (TPSA) is 101 Å². The Labute approximate surface area is 93.5 Å². The van der Waals surface area contributed by atoms with Crippen LogP contribution in [0.5, 0.6) is 0 Å². The fraction of sp³-hybridized carbons (Fsp3) is 0. The summed E-state index contributed by atoms with van der Waals surface area (Å²) in [6.45, 7) is 0. The molecule has 2 aromatic rings. The van der Waals surface area contributed by atoms with Crippen molar-refractivity contribution in [1.82, 2.24) is 20.4 Å². The SMILES string of the molecule is N=C(N)c1ccnnc1Sc1nncs1. The van der Waals surface area contributed by atoms with Gasteiger partial charge in [0.25, 0.3) is 0 Å². The van der Waals surface area contributed by atoms with Crippen LogP contribution in [0.15, 0.2) is 27.1 Å². The summed E-state index contributed by atoms with van der Waals surface area (Å²) in [4.78, 5) is 0. The number of amidine groups is 1. The van der Waals surface area contributed by atoms with Crippen LogP contribution in [0.25, 0.3) is 0 Å². The Morgan fingerprint density at radius 2 is 2.27 bits per heavy atom. The highest BCUT2D eigenvalue weighted by Crippen LogP contribution is 2.28. The molecular formula is C7H6N6S2.